The van der Waals surface area contributed by atoms with Gasteiger partial charge in [-0.1, -0.05) is 73.1 Å². The predicted molar refractivity (Wildman–Crippen MR) is 88.8 cm³/mol. The van der Waals surface area contributed by atoms with Crippen molar-refractivity contribution in [2.45, 2.75) is 86.0 Å². The lowest BCUT2D eigenvalue weighted by atomic mass is 9.85. The molecule has 20 heavy (non-hydrogen) atoms. The summed E-state index contributed by atoms with van der Waals surface area (Å²) in [7, 11) is 0. The highest BCUT2D eigenvalue weighted by molar-refractivity contribution is 5.75. The molecule has 0 radical (unpaired) electrons. The van der Waals surface area contributed by atoms with Crippen LogP contribution in [0.5, 0.6) is 0 Å². The topological polar surface area (TPSA) is 29.1 Å². The molecule has 0 rings (SSSR count). The molecule has 0 aliphatic heterocycles. The Morgan fingerprint density at radius 3 is 1.85 bits per heavy atom. The van der Waals surface area contributed by atoms with Crippen molar-refractivity contribution in [3.63, 3.8) is 0 Å². The average molecular weight is 284 g/mol. The monoisotopic (exact) mass is 283 g/mol. The van der Waals surface area contributed by atoms with Crippen LogP contribution in [-0.4, -0.2) is 12.5 Å². The summed E-state index contributed by atoms with van der Waals surface area (Å²) in [5.41, 5.74) is 0. The number of hydrogen-bond acceptors (Lipinski definition) is 1. The molecule has 0 aromatic rings. The van der Waals surface area contributed by atoms with Crippen LogP contribution in [0.4, 0.5) is 0 Å². The van der Waals surface area contributed by atoms with Gasteiger partial charge in [-0.2, -0.15) is 0 Å². The van der Waals surface area contributed by atoms with Crippen molar-refractivity contribution < 1.29 is 4.79 Å². The number of rotatable bonds is 12. The zero-order chi connectivity index (χ0) is 15.4. The van der Waals surface area contributed by atoms with Gasteiger partial charge < -0.3 is 5.32 Å². The normalized spacial score (nSPS) is 11.6. The van der Waals surface area contributed by atoms with E-state index in [9.17, 15) is 4.79 Å². The third-order valence-electron chi connectivity index (χ3n) is 4.25. The molecule has 0 aromatic carbocycles. The first-order valence-electron chi connectivity index (χ1n) is 8.75. The highest BCUT2D eigenvalue weighted by Gasteiger charge is 2.17. The molecule has 1 N–H and O–H groups in total. The average Bonchev–Trinajstić information content (AvgIpc) is 2.37. The fourth-order valence-corrected chi connectivity index (χ4v) is 2.80. The highest BCUT2D eigenvalue weighted by Crippen LogP contribution is 2.19. The Morgan fingerprint density at radius 1 is 0.850 bits per heavy atom. The quantitative estimate of drug-likeness (QED) is 0.492. The Morgan fingerprint density at radius 2 is 1.35 bits per heavy atom. The Kier molecular flexibility index (Phi) is 11.9. The van der Waals surface area contributed by atoms with E-state index >= 15 is 0 Å². The Hall–Kier alpha value is -0.530. The van der Waals surface area contributed by atoms with Gasteiger partial charge in [0.1, 0.15) is 0 Å². The van der Waals surface area contributed by atoms with Crippen LogP contribution in [-0.2, 0) is 4.79 Å². The summed E-state index contributed by atoms with van der Waals surface area (Å²) in [4.78, 5) is 11.8. The third kappa shape index (κ3) is 10.3. The Labute approximate surface area is 127 Å². The van der Waals surface area contributed by atoms with Gasteiger partial charge in [-0.15, -0.1) is 0 Å². The Balaban J connectivity index is 3.58. The molecule has 0 saturated carbocycles. The third-order valence-corrected chi connectivity index (χ3v) is 4.25. The molecule has 0 atom stereocenters. The van der Waals surface area contributed by atoms with Crippen molar-refractivity contribution in [3.05, 3.63) is 0 Å². The summed E-state index contributed by atoms with van der Waals surface area (Å²) >= 11 is 0. The fourth-order valence-electron chi connectivity index (χ4n) is 2.80. The SMILES string of the molecule is CCCCCCCCCC(=O)NCC(C(C)C)C(C)C. The summed E-state index contributed by atoms with van der Waals surface area (Å²) in [5.74, 6) is 2.10. The summed E-state index contributed by atoms with van der Waals surface area (Å²) in [5, 5.41) is 3.12. The second kappa shape index (κ2) is 12.2. The van der Waals surface area contributed by atoms with Gasteiger partial charge in [0, 0.05) is 13.0 Å². The first kappa shape index (κ1) is 19.5. The van der Waals surface area contributed by atoms with E-state index in [0.29, 0.717) is 24.2 Å². The lowest BCUT2D eigenvalue weighted by molar-refractivity contribution is -0.121. The molecule has 0 aromatic heterocycles. The van der Waals surface area contributed by atoms with Crippen LogP contribution in [0.3, 0.4) is 0 Å². The number of unbranched alkanes of at least 4 members (excludes halogenated alkanes) is 6. The molecular weight excluding hydrogens is 246 g/mol. The lowest BCUT2D eigenvalue weighted by Gasteiger charge is -2.25. The number of hydrogen-bond donors (Lipinski definition) is 1. The molecule has 2 heteroatoms. The van der Waals surface area contributed by atoms with Crippen LogP contribution in [0.25, 0.3) is 0 Å². The molecule has 0 fully saturated rings. The summed E-state index contributed by atoms with van der Waals surface area (Å²) < 4.78 is 0. The Bertz CT molecular complexity index is 228. The van der Waals surface area contributed by atoms with Gasteiger partial charge in [-0.05, 0) is 24.2 Å². The molecule has 0 heterocycles. The van der Waals surface area contributed by atoms with Crippen molar-refractivity contribution in [2.24, 2.45) is 17.8 Å². The van der Waals surface area contributed by atoms with E-state index in [2.05, 4.69) is 39.9 Å². The van der Waals surface area contributed by atoms with Crippen molar-refractivity contribution in [1.82, 2.24) is 5.32 Å². The molecule has 0 saturated heterocycles. The van der Waals surface area contributed by atoms with E-state index in [1.807, 2.05) is 0 Å². The number of amides is 1. The van der Waals surface area contributed by atoms with Gasteiger partial charge in [0.05, 0.1) is 0 Å². The van der Waals surface area contributed by atoms with E-state index in [1.54, 1.807) is 0 Å². The van der Waals surface area contributed by atoms with E-state index in [0.717, 1.165) is 13.0 Å². The van der Waals surface area contributed by atoms with Gasteiger partial charge in [0.2, 0.25) is 5.91 Å². The van der Waals surface area contributed by atoms with Crippen LogP contribution >= 0.6 is 0 Å². The molecule has 0 aliphatic carbocycles. The van der Waals surface area contributed by atoms with Gasteiger partial charge in [-0.3, -0.25) is 4.79 Å². The van der Waals surface area contributed by atoms with Crippen LogP contribution < -0.4 is 5.32 Å². The standard InChI is InChI=1S/C18H37NO/c1-6-7-8-9-10-11-12-13-18(20)19-14-17(15(2)3)16(4)5/h15-17H,6-14H2,1-5H3,(H,19,20). The second-order valence-electron chi connectivity index (χ2n) is 6.83. The lowest BCUT2D eigenvalue weighted by Crippen LogP contribution is -2.33. The second-order valence-corrected chi connectivity index (χ2v) is 6.83. The van der Waals surface area contributed by atoms with Crippen molar-refractivity contribution >= 4 is 5.91 Å². The van der Waals surface area contributed by atoms with Crippen LogP contribution in [0.15, 0.2) is 0 Å². The highest BCUT2D eigenvalue weighted by atomic mass is 16.1. The summed E-state index contributed by atoms with van der Waals surface area (Å²) in [6.45, 7) is 12.1. The largest absolute Gasteiger partial charge is 0.356 e. The molecule has 2 nitrogen and oxygen atoms in total. The van der Waals surface area contributed by atoms with Crippen LogP contribution in [0.2, 0.25) is 0 Å². The van der Waals surface area contributed by atoms with Gasteiger partial charge in [-0.25, -0.2) is 0 Å². The number of nitrogens with one attached hydrogen (secondary N) is 1. The minimum absolute atomic E-state index is 0.241. The van der Waals surface area contributed by atoms with Crippen molar-refractivity contribution in [1.29, 1.82) is 0 Å². The smallest absolute Gasteiger partial charge is 0.220 e. The molecule has 0 aliphatic rings. The van der Waals surface area contributed by atoms with E-state index in [1.165, 1.54) is 38.5 Å². The minimum Gasteiger partial charge on any atom is -0.356 e. The number of carbonyl (C=O) groups is 1. The zero-order valence-corrected chi connectivity index (χ0v) is 14.5. The predicted octanol–water partition coefficient (Wildman–Crippen LogP) is 5.17. The van der Waals surface area contributed by atoms with E-state index in [-0.39, 0.29) is 5.91 Å². The maximum Gasteiger partial charge on any atom is 0.220 e. The van der Waals surface area contributed by atoms with Gasteiger partial charge in [0.25, 0.3) is 0 Å². The fraction of sp³-hybridized carbons (Fsp3) is 0.944. The molecule has 0 bridgehead atoms. The van der Waals surface area contributed by atoms with Crippen LogP contribution in [0.1, 0.15) is 86.0 Å². The maximum atomic E-state index is 11.8. The molecule has 0 unspecified atom stereocenters. The zero-order valence-electron chi connectivity index (χ0n) is 14.5. The maximum absolute atomic E-state index is 11.8. The van der Waals surface area contributed by atoms with Crippen LogP contribution in [0, 0.1) is 17.8 Å². The van der Waals surface area contributed by atoms with E-state index in [4.69, 9.17) is 0 Å². The van der Waals surface area contributed by atoms with Gasteiger partial charge >= 0.3 is 0 Å². The molecule has 0 spiro atoms. The molecule has 1 amide bonds. The van der Waals surface area contributed by atoms with Crippen molar-refractivity contribution in [3.8, 4) is 0 Å². The minimum atomic E-state index is 0.241. The van der Waals surface area contributed by atoms with E-state index < -0.39 is 0 Å². The molecule has 120 valence electrons. The first-order chi connectivity index (χ1) is 9.49. The van der Waals surface area contributed by atoms with Crippen molar-refractivity contribution in [2.75, 3.05) is 6.54 Å². The molecular formula is C18H37NO. The summed E-state index contributed by atoms with van der Waals surface area (Å²) in [6.07, 6.45) is 9.58. The first-order valence-corrected chi connectivity index (χ1v) is 8.75. The number of carbonyl (C=O) groups excluding carboxylic acids is 1. The summed E-state index contributed by atoms with van der Waals surface area (Å²) in [6, 6.07) is 0. The van der Waals surface area contributed by atoms with Gasteiger partial charge in [0.15, 0.2) is 0 Å².